The molecule has 0 bridgehead atoms. The maximum atomic E-state index is 13.5. The summed E-state index contributed by atoms with van der Waals surface area (Å²) in [6, 6.07) is 9.60. The number of methoxy groups -OCH3 is 2. The third-order valence-corrected chi connectivity index (χ3v) is 6.19. The molecule has 0 spiro atoms. The summed E-state index contributed by atoms with van der Waals surface area (Å²) in [5.74, 6) is -0.469. The van der Waals surface area contributed by atoms with Crippen LogP contribution in [0.1, 0.15) is 48.5 Å². The molecule has 2 N–H and O–H groups in total. The van der Waals surface area contributed by atoms with Crippen molar-refractivity contribution in [1.82, 2.24) is 15.5 Å². The van der Waals surface area contributed by atoms with Crippen molar-refractivity contribution in [1.29, 1.82) is 0 Å². The maximum absolute atomic E-state index is 13.5. The fourth-order valence-electron chi connectivity index (χ4n) is 3.11. The van der Waals surface area contributed by atoms with Gasteiger partial charge in [0.1, 0.15) is 11.8 Å². The molecule has 2 aromatic rings. The van der Waals surface area contributed by atoms with Crippen molar-refractivity contribution in [2.75, 3.05) is 33.9 Å². The van der Waals surface area contributed by atoms with Crippen LogP contribution in [0.4, 0.5) is 0 Å². The van der Waals surface area contributed by atoms with Gasteiger partial charge >= 0.3 is 0 Å². The minimum absolute atomic E-state index is 0.173. The third-order valence-electron chi connectivity index (χ3n) is 5.32. The van der Waals surface area contributed by atoms with Gasteiger partial charge in [-0.2, -0.15) is 0 Å². The Kier molecular flexibility index (Phi) is 9.87. The lowest BCUT2D eigenvalue weighted by molar-refractivity contribution is -0.141. The number of benzene rings is 1. The molecule has 0 unspecified atom stereocenters. The molecule has 1 heterocycles. The van der Waals surface area contributed by atoms with Gasteiger partial charge in [-0.15, -0.1) is 11.3 Å². The van der Waals surface area contributed by atoms with Crippen molar-refractivity contribution in [2.45, 2.75) is 38.8 Å². The second-order valence-electron chi connectivity index (χ2n) is 8.15. The second kappa shape index (κ2) is 12.4. The molecule has 180 valence electrons. The largest absolute Gasteiger partial charge is 0.497 e. The highest BCUT2D eigenvalue weighted by Crippen LogP contribution is 2.26. The SMILES string of the molecule is CCC(C)(C)NC(=O)[C@H](c1cccc(OC)c1)N(CCOC)C(=O)CNC(=O)c1cccs1. The molecule has 0 radical (unpaired) electrons. The fraction of sp³-hybridized carbons (Fsp3) is 0.458. The van der Waals surface area contributed by atoms with Crippen LogP contribution < -0.4 is 15.4 Å². The molecular formula is C24H33N3O5S. The summed E-state index contributed by atoms with van der Waals surface area (Å²) < 4.78 is 10.5. The monoisotopic (exact) mass is 475 g/mol. The van der Waals surface area contributed by atoms with Crippen LogP contribution in [0, 0.1) is 0 Å². The van der Waals surface area contributed by atoms with Crippen LogP contribution in [0.15, 0.2) is 41.8 Å². The summed E-state index contributed by atoms with van der Waals surface area (Å²) in [5, 5.41) is 7.48. The first-order chi connectivity index (χ1) is 15.7. The molecule has 2 rings (SSSR count). The molecule has 0 saturated heterocycles. The normalized spacial score (nSPS) is 12.0. The molecule has 33 heavy (non-hydrogen) atoms. The summed E-state index contributed by atoms with van der Waals surface area (Å²) >= 11 is 1.29. The van der Waals surface area contributed by atoms with Gasteiger partial charge in [0, 0.05) is 19.2 Å². The molecule has 0 saturated carbocycles. The van der Waals surface area contributed by atoms with E-state index in [1.165, 1.54) is 23.3 Å². The van der Waals surface area contributed by atoms with Crippen LogP contribution >= 0.6 is 11.3 Å². The Morgan fingerprint density at radius 3 is 2.52 bits per heavy atom. The first-order valence-corrected chi connectivity index (χ1v) is 11.7. The van der Waals surface area contributed by atoms with Gasteiger partial charge in [-0.1, -0.05) is 25.1 Å². The molecule has 0 fully saturated rings. The lowest BCUT2D eigenvalue weighted by atomic mass is 9.98. The van der Waals surface area contributed by atoms with Crippen LogP contribution in [-0.4, -0.2) is 62.1 Å². The smallest absolute Gasteiger partial charge is 0.261 e. The van der Waals surface area contributed by atoms with Crippen LogP contribution in [0.2, 0.25) is 0 Å². The molecule has 1 aromatic heterocycles. The minimum Gasteiger partial charge on any atom is -0.497 e. The number of ether oxygens (including phenoxy) is 2. The molecule has 1 atom stereocenters. The molecule has 1 aromatic carbocycles. The Morgan fingerprint density at radius 2 is 1.91 bits per heavy atom. The van der Waals surface area contributed by atoms with Crippen molar-refractivity contribution in [3.63, 3.8) is 0 Å². The van der Waals surface area contributed by atoms with E-state index in [-0.39, 0.29) is 31.5 Å². The Balaban J connectivity index is 2.36. The van der Waals surface area contributed by atoms with Gasteiger partial charge in [0.2, 0.25) is 11.8 Å². The summed E-state index contributed by atoms with van der Waals surface area (Å²) in [6.07, 6.45) is 0.715. The number of nitrogens with one attached hydrogen (secondary N) is 2. The van der Waals surface area contributed by atoms with Gasteiger partial charge in [-0.3, -0.25) is 14.4 Å². The molecule has 0 aliphatic carbocycles. The molecule has 3 amide bonds. The minimum atomic E-state index is -0.924. The van der Waals surface area contributed by atoms with E-state index in [2.05, 4.69) is 10.6 Å². The first-order valence-electron chi connectivity index (χ1n) is 10.8. The van der Waals surface area contributed by atoms with E-state index in [4.69, 9.17) is 9.47 Å². The lowest BCUT2D eigenvalue weighted by Crippen LogP contribution is -2.52. The molecular weight excluding hydrogens is 442 g/mol. The van der Waals surface area contributed by atoms with Gasteiger partial charge < -0.3 is 25.0 Å². The van der Waals surface area contributed by atoms with E-state index in [9.17, 15) is 14.4 Å². The molecule has 9 heteroatoms. The van der Waals surface area contributed by atoms with Crippen LogP contribution in [0.3, 0.4) is 0 Å². The van der Waals surface area contributed by atoms with Gasteiger partial charge in [0.25, 0.3) is 5.91 Å². The standard InChI is InChI=1S/C24H33N3O5S/c1-6-24(2,3)26-23(30)21(17-9-7-10-18(15-17)32-5)27(12-13-31-4)20(28)16-25-22(29)19-11-8-14-33-19/h7-11,14-15,21H,6,12-13,16H2,1-5H3,(H,25,29)(H,26,30)/t21-/m0/s1. The van der Waals surface area contributed by atoms with Crippen LogP contribution in [0.25, 0.3) is 0 Å². The number of nitrogens with zero attached hydrogens (tertiary/aromatic N) is 1. The Labute approximate surface area is 199 Å². The van der Waals surface area contributed by atoms with E-state index in [1.807, 2.05) is 20.8 Å². The summed E-state index contributed by atoms with van der Waals surface area (Å²) in [5.41, 5.74) is 0.144. The maximum Gasteiger partial charge on any atom is 0.261 e. The molecule has 0 aliphatic rings. The number of carbonyl (C=O) groups is 3. The number of thiophene rings is 1. The zero-order chi connectivity index (χ0) is 24.4. The highest BCUT2D eigenvalue weighted by Gasteiger charge is 2.34. The van der Waals surface area contributed by atoms with Crippen LogP contribution in [0.5, 0.6) is 5.75 Å². The van der Waals surface area contributed by atoms with Gasteiger partial charge in [-0.05, 0) is 49.4 Å². The highest BCUT2D eigenvalue weighted by atomic mass is 32.1. The Hall–Kier alpha value is -2.91. The van der Waals surface area contributed by atoms with Gasteiger partial charge in [0.15, 0.2) is 0 Å². The average Bonchev–Trinajstić information content (AvgIpc) is 3.34. The number of rotatable bonds is 12. The van der Waals surface area contributed by atoms with Crippen molar-refractivity contribution in [2.24, 2.45) is 0 Å². The fourth-order valence-corrected chi connectivity index (χ4v) is 3.75. The quantitative estimate of drug-likeness (QED) is 0.492. The zero-order valence-electron chi connectivity index (χ0n) is 19.8. The topological polar surface area (TPSA) is 97.0 Å². The van der Waals surface area contributed by atoms with Crippen LogP contribution in [-0.2, 0) is 14.3 Å². The zero-order valence-corrected chi connectivity index (χ0v) is 20.7. The molecule has 0 aliphatic heterocycles. The Bertz CT molecular complexity index is 930. The number of amides is 3. The summed E-state index contributed by atoms with van der Waals surface area (Å²) in [7, 11) is 3.07. The summed E-state index contributed by atoms with van der Waals surface area (Å²) in [6.45, 7) is 5.99. The van der Waals surface area contributed by atoms with Crippen molar-refractivity contribution in [3.8, 4) is 5.75 Å². The van der Waals surface area contributed by atoms with E-state index in [0.717, 1.165) is 0 Å². The summed E-state index contributed by atoms with van der Waals surface area (Å²) in [4.78, 5) is 41.0. The van der Waals surface area contributed by atoms with E-state index < -0.39 is 17.5 Å². The Morgan fingerprint density at radius 1 is 1.15 bits per heavy atom. The van der Waals surface area contributed by atoms with E-state index in [1.54, 1.807) is 48.9 Å². The average molecular weight is 476 g/mol. The predicted molar refractivity (Wildman–Crippen MR) is 128 cm³/mol. The number of carbonyl (C=O) groups excluding carboxylic acids is 3. The highest BCUT2D eigenvalue weighted by molar-refractivity contribution is 7.12. The van der Waals surface area contributed by atoms with Crippen molar-refractivity contribution in [3.05, 3.63) is 52.2 Å². The van der Waals surface area contributed by atoms with E-state index in [0.29, 0.717) is 22.6 Å². The number of hydrogen-bond acceptors (Lipinski definition) is 6. The van der Waals surface area contributed by atoms with E-state index >= 15 is 0 Å². The van der Waals surface area contributed by atoms with Gasteiger partial charge in [-0.25, -0.2) is 0 Å². The van der Waals surface area contributed by atoms with Crippen molar-refractivity contribution >= 4 is 29.1 Å². The predicted octanol–water partition coefficient (Wildman–Crippen LogP) is 3.01. The lowest BCUT2D eigenvalue weighted by Gasteiger charge is -2.34. The first kappa shape index (κ1) is 26.3. The molecule has 8 nitrogen and oxygen atoms in total. The van der Waals surface area contributed by atoms with Crippen molar-refractivity contribution < 1.29 is 23.9 Å². The second-order valence-corrected chi connectivity index (χ2v) is 9.09. The number of hydrogen-bond donors (Lipinski definition) is 2. The third kappa shape index (κ3) is 7.57. The van der Waals surface area contributed by atoms with Gasteiger partial charge in [0.05, 0.1) is 25.1 Å².